The molecule has 9 nitrogen and oxygen atoms in total. The lowest BCUT2D eigenvalue weighted by Gasteiger charge is -2.29. The van der Waals surface area contributed by atoms with E-state index in [-0.39, 0.29) is 12.6 Å². The Hall–Kier alpha value is -2.10. The highest BCUT2D eigenvalue weighted by Crippen LogP contribution is 2.31. The van der Waals surface area contributed by atoms with Crippen LogP contribution in [0, 0.1) is 0 Å². The van der Waals surface area contributed by atoms with Gasteiger partial charge in [0, 0.05) is 26.0 Å². The van der Waals surface area contributed by atoms with Crippen molar-refractivity contribution in [2.24, 2.45) is 0 Å². The molecule has 4 atom stereocenters. The van der Waals surface area contributed by atoms with Crippen LogP contribution in [0.5, 0.6) is 0 Å². The van der Waals surface area contributed by atoms with Crippen LogP contribution in [0.3, 0.4) is 0 Å². The molecule has 0 fully saturated rings. The quantitative estimate of drug-likeness (QED) is 0.463. The molecule has 1 heterocycles. The first-order chi connectivity index (χ1) is 14.0. The zero-order valence-electron chi connectivity index (χ0n) is 18.1. The van der Waals surface area contributed by atoms with E-state index in [1.54, 1.807) is 20.8 Å². The fraction of sp³-hybridized carbons (Fsp3) is 0.714. The van der Waals surface area contributed by atoms with E-state index in [0.29, 0.717) is 25.9 Å². The zero-order chi connectivity index (χ0) is 22.3. The van der Waals surface area contributed by atoms with E-state index in [1.807, 2.05) is 12.2 Å². The number of ether oxygens (including phenoxy) is 3. The molecule has 2 aliphatic rings. The molecule has 3 unspecified atom stereocenters. The van der Waals surface area contributed by atoms with Gasteiger partial charge in [-0.1, -0.05) is 12.2 Å². The summed E-state index contributed by atoms with van der Waals surface area (Å²) < 4.78 is 16.3. The fourth-order valence-corrected chi connectivity index (χ4v) is 3.04. The minimum atomic E-state index is -0.788. The van der Waals surface area contributed by atoms with Gasteiger partial charge in [0.25, 0.3) is 0 Å². The third-order valence-electron chi connectivity index (χ3n) is 4.62. The summed E-state index contributed by atoms with van der Waals surface area (Å²) >= 11 is 0. The van der Waals surface area contributed by atoms with E-state index in [1.165, 1.54) is 6.92 Å². The van der Waals surface area contributed by atoms with Gasteiger partial charge in [0.15, 0.2) is 6.29 Å². The molecule has 0 bridgehead atoms. The Labute approximate surface area is 177 Å². The molecule has 1 aliphatic heterocycles. The van der Waals surface area contributed by atoms with Crippen molar-refractivity contribution in [3.63, 3.8) is 0 Å². The summed E-state index contributed by atoms with van der Waals surface area (Å²) in [5, 5.41) is 24.7. The van der Waals surface area contributed by atoms with Gasteiger partial charge in [-0.05, 0) is 46.1 Å². The molecular formula is C21H34N2O7. The van der Waals surface area contributed by atoms with Crippen LogP contribution in [0.25, 0.3) is 0 Å². The number of nitrogens with one attached hydrogen (secondary N) is 2. The van der Waals surface area contributed by atoms with Gasteiger partial charge in [-0.3, -0.25) is 4.79 Å². The topological polar surface area (TPSA) is 126 Å². The Morgan fingerprint density at radius 2 is 2.10 bits per heavy atom. The molecular weight excluding hydrogens is 392 g/mol. The van der Waals surface area contributed by atoms with Crippen LogP contribution in [0.4, 0.5) is 4.79 Å². The zero-order valence-corrected chi connectivity index (χ0v) is 18.1. The number of aliphatic hydroxyl groups excluding tert-OH is 2. The predicted octanol–water partition coefficient (Wildman–Crippen LogP) is 1.49. The maximum Gasteiger partial charge on any atom is 0.408 e. The van der Waals surface area contributed by atoms with Crippen LogP contribution in [-0.2, 0) is 19.0 Å². The van der Waals surface area contributed by atoms with E-state index in [9.17, 15) is 19.8 Å². The third-order valence-corrected chi connectivity index (χ3v) is 4.62. The molecule has 0 saturated carbocycles. The summed E-state index contributed by atoms with van der Waals surface area (Å²) in [5.41, 5.74) is 0.447. The van der Waals surface area contributed by atoms with E-state index in [2.05, 4.69) is 10.6 Å². The number of rotatable bonds is 8. The number of alkyl carbamates (subject to hydrolysis) is 1. The Morgan fingerprint density at radius 3 is 2.80 bits per heavy atom. The van der Waals surface area contributed by atoms with Crippen molar-refractivity contribution in [3.8, 4) is 0 Å². The number of hydrogen-bond donors (Lipinski definition) is 4. The van der Waals surface area contributed by atoms with Crippen LogP contribution < -0.4 is 10.6 Å². The summed E-state index contributed by atoms with van der Waals surface area (Å²) in [6, 6.07) is -0.788. The van der Waals surface area contributed by atoms with Crippen molar-refractivity contribution >= 4 is 12.0 Å². The predicted molar refractivity (Wildman–Crippen MR) is 109 cm³/mol. The lowest BCUT2D eigenvalue weighted by atomic mass is 9.97. The van der Waals surface area contributed by atoms with Crippen molar-refractivity contribution < 1.29 is 34.0 Å². The van der Waals surface area contributed by atoms with Crippen molar-refractivity contribution in [2.45, 2.75) is 83.5 Å². The van der Waals surface area contributed by atoms with Crippen molar-refractivity contribution in [1.82, 2.24) is 10.6 Å². The minimum Gasteiger partial charge on any atom is -0.469 e. The smallest absolute Gasteiger partial charge is 0.408 e. The molecule has 0 radical (unpaired) electrons. The monoisotopic (exact) mass is 426 g/mol. The molecule has 170 valence electrons. The standard InChI is InChI=1S/C21H34N2O7/c1-13(23-20(27)30-21(2,3)4)19(26)22-12-15(24)9-10-28-16-7-5-14-6-8-18(25)29-17(14)11-16/h5,7,13,15-16,18,24-25H,6,8-12H2,1-4H3,(H,22,26)(H,23,27)/t13-,15?,16?,18?/m1/s1. The van der Waals surface area contributed by atoms with E-state index >= 15 is 0 Å². The van der Waals surface area contributed by atoms with Crippen molar-refractivity contribution in [3.05, 3.63) is 23.5 Å². The van der Waals surface area contributed by atoms with Gasteiger partial charge in [0.2, 0.25) is 5.91 Å². The third kappa shape index (κ3) is 8.33. The van der Waals surface area contributed by atoms with E-state index in [0.717, 1.165) is 17.8 Å². The summed E-state index contributed by atoms with van der Waals surface area (Å²) in [6.07, 6.45) is 3.82. The number of amides is 2. The SMILES string of the molecule is C[C@@H](NC(=O)OC(C)(C)C)C(=O)NCC(O)CCOC1C=CC2=C(C1)OC(O)CC2. The molecule has 30 heavy (non-hydrogen) atoms. The largest absolute Gasteiger partial charge is 0.469 e. The Morgan fingerprint density at radius 1 is 1.37 bits per heavy atom. The molecule has 9 heteroatoms. The van der Waals surface area contributed by atoms with Crippen molar-refractivity contribution in [1.29, 1.82) is 0 Å². The van der Waals surface area contributed by atoms with Crippen LogP contribution in [0.1, 0.15) is 53.4 Å². The summed E-state index contributed by atoms with van der Waals surface area (Å²) in [5.74, 6) is 0.351. The normalized spacial score (nSPS) is 23.1. The lowest BCUT2D eigenvalue weighted by Crippen LogP contribution is -2.48. The second-order valence-electron chi connectivity index (χ2n) is 8.59. The average molecular weight is 427 g/mol. The fourth-order valence-electron chi connectivity index (χ4n) is 3.04. The van der Waals surface area contributed by atoms with E-state index < -0.39 is 36.0 Å². The van der Waals surface area contributed by atoms with Crippen LogP contribution in [0.15, 0.2) is 23.5 Å². The van der Waals surface area contributed by atoms with Crippen molar-refractivity contribution in [2.75, 3.05) is 13.2 Å². The van der Waals surface area contributed by atoms with Gasteiger partial charge in [-0.15, -0.1) is 0 Å². The molecule has 0 aromatic heterocycles. The van der Waals surface area contributed by atoms with E-state index in [4.69, 9.17) is 14.2 Å². The lowest BCUT2D eigenvalue weighted by molar-refractivity contribution is -0.123. The molecule has 2 rings (SSSR count). The summed E-state index contributed by atoms with van der Waals surface area (Å²) in [7, 11) is 0. The second kappa shape index (κ2) is 10.8. The maximum absolute atomic E-state index is 12.1. The summed E-state index contributed by atoms with van der Waals surface area (Å²) in [6.45, 7) is 7.11. The molecule has 0 spiro atoms. The molecule has 0 saturated heterocycles. The second-order valence-corrected chi connectivity index (χ2v) is 8.59. The van der Waals surface area contributed by atoms with Crippen LogP contribution >= 0.6 is 0 Å². The van der Waals surface area contributed by atoms with Gasteiger partial charge >= 0.3 is 6.09 Å². The molecule has 4 N–H and O–H groups in total. The first kappa shape index (κ1) is 24.2. The minimum absolute atomic E-state index is 0.0492. The summed E-state index contributed by atoms with van der Waals surface area (Å²) in [4.78, 5) is 23.8. The molecule has 0 aromatic carbocycles. The number of carbonyl (C=O) groups is 2. The van der Waals surface area contributed by atoms with Gasteiger partial charge in [-0.25, -0.2) is 4.79 Å². The highest BCUT2D eigenvalue weighted by atomic mass is 16.6. The first-order valence-corrected chi connectivity index (χ1v) is 10.4. The molecule has 1 aliphatic carbocycles. The maximum atomic E-state index is 12.1. The highest BCUT2D eigenvalue weighted by Gasteiger charge is 2.25. The average Bonchev–Trinajstić information content (AvgIpc) is 2.64. The highest BCUT2D eigenvalue weighted by molar-refractivity contribution is 5.85. The van der Waals surface area contributed by atoms with Gasteiger partial charge in [-0.2, -0.15) is 0 Å². The molecule has 0 aromatic rings. The Kier molecular flexibility index (Phi) is 8.69. The van der Waals surface area contributed by atoms with Crippen LogP contribution in [-0.4, -0.2) is 65.5 Å². The number of carbonyl (C=O) groups excluding carboxylic acids is 2. The Bertz CT molecular complexity index is 669. The Balaban J connectivity index is 1.61. The first-order valence-electron chi connectivity index (χ1n) is 10.4. The van der Waals surface area contributed by atoms with Crippen LogP contribution in [0.2, 0.25) is 0 Å². The number of aliphatic hydroxyl groups is 2. The van der Waals surface area contributed by atoms with Gasteiger partial charge in [0.05, 0.1) is 12.2 Å². The number of allylic oxidation sites excluding steroid dienone is 2. The molecule has 2 amide bonds. The van der Waals surface area contributed by atoms with Gasteiger partial charge < -0.3 is 35.1 Å². The van der Waals surface area contributed by atoms with Gasteiger partial charge in [0.1, 0.15) is 17.4 Å². The number of hydrogen-bond acceptors (Lipinski definition) is 7.